The van der Waals surface area contributed by atoms with Gasteiger partial charge >= 0.3 is 0 Å². The van der Waals surface area contributed by atoms with Crippen molar-refractivity contribution in [3.63, 3.8) is 0 Å². The molecule has 1 heterocycles. The van der Waals surface area contributed by atoms with Crippen molar-refractivity contribution in [3.05, 3.63) is 78.2 Å². The van der Waals surface area contributed by atoms with Crippen LogP contribution < -0.4 is 20.1 Å². The van der Waals surface area contributed by atoms with Crippen LogP contribution in [0.1, 0.15) is 10.4 Å². The van der Waals surface area contributed by atoms with Gasteiger partial charge in [-0.15, -0.1) is 0 Å². The van der Waals surface area contributed by atoms with E-state index >= 15 is 0 Å². The maximum absolute atomic E-state index is 13.6. The fourth-order valence-corrected chi connectivity index (χ4v) is 2.44. The first-order valence-electron chi connectivity index (χ1n) is 8.68. The lowest BCUT2D eigenvalue weighted by atomic mass is 10.2. The molecule has 3 rings (SSSR count). The molecule has 0 fully saturated rings. The lowest BCUT2D eigenvalue weighted by Gasteiger charge is -2.10. The first-order chi connectivity index (χ1) is 13.7. The molecule has 0 saturated carbocycles. The summed E-state index contributed by atoms with van der Waals surface area (Å²) in [6.45, 7) is 1.01. The third kappa shape index (κ3) is 5.20. The van der Waals surface area contributed by atoms with Gasteiger partial charge < -0.3 is 20.1 Å². The summed E-state index contributed by atoms with van der Waals surface area (Å²) in [7, 11) is 1.61. The summed E-state index contributed by atoms with van der Waals surface area (Å²) >= 11 is 0. The molecular formula is C21H20FN3O3. The molecule has 0 spiro atoms. The Kier molecular flexibility index (Phi) is 6.41. The molecule has 0 radical (unpaired) electrons. The fourth-order valence-electron chi connectivity index (χ4n) is 2.44. The number of amides is 1. The van der Waals surface area contributed by atoms with Gasteiger partial charge in [0.1, 0.15) is 29.7 Å². The highest BCUT2D eigenvalue weighted by atomic mass is 19.1. The molecule has 3 aromatic rings. The second-order valence-electron chi connectivity index (χ2n) is 5.82. The number of pyridine rings is 1. The van der Waals surface area contributed by atoms with Crippen LogP contribution in [-0.4, -0.2) is 31.2 Å². The van der Waals surface area contributed by atoms with E-state index in [-0.39, 0.29) is 5.56 Å². The summed E-state index contributed by atoms with van der Waals surface area (Å²) in [5.41, 5.74) is 0.466. The highest BCUT2D eigenvalue weighted by Crippen LogP contribution is 2.17. The van der Waals surface area contributed by atoms with Crippen molar-refractivity contribution in [3.8, 4) is 11.5 Å². The monoisotopic (exact) mass is 381 g/mol. The van der Waals surface area contributed by atoms with Crippen LogP contribution in [0.5, 0.6) is 11.5 Å². The zero-order valence-electron chi connectivity index (χ0n) is 15.3. The summed E-state index contributed by atoms with van der Waals surface area (Å²) < 4.78 is 24.4. The molecule has 0 aliphatic heterocycles. The predicted molar refractivity (Wildman–Crippen MR) is 106 cm³/mol. The van der Waals surface area contributed by atoms with Crippen molar-refractivity contribution in [1.82, 2.24) is 4.98 Å². The first-order valence-corrected chi connectivity index (χ1v) is 8.68. The van der Waals surface area contributed by atoms with Crippen molar-refractivity contribution < 1.29 is 18.7 Å². The summed E-state index contributed by atoms with van der Waals surface area (Å²) in [4.78, 5) is 16.3. The molecule has 1 aromatic heterocycles. The molecular weight excluding hydrogens is 361 g/mol. The van der Waals surface area contributed by atoms with Crippen LogP contribution in [0.2, 0.25) is 0 Å². The van der Waals surface area contributed by atoms with Gasteiger partial charge in [0, 0.05) is 0 Å². The van der Waals surface area contributed by atoms with Gasteiger partial charge in [-0.25, -0.2) is 9.37 Å². The standard InChI is InChI=1S/C21H20FN3O3/c1-27-16-7-9-17(10-8-16)28-13-12-23-20-11-6-15(14-24-20)25-21(26)18-4-2-3-5-19(18)22/h2-11,14H,12-13H2,1H3,(H,23,24)(H,25,26). The molecule has 0 atom stereocenters. The third-order valence-corrected chi connectivity index (χ3v) is 3.88. The van der Waals surface area contributed by atoms with Crippen LogP contribution in [0.4, 0.5) is 15.9 Å². The van der Waals surface area contributed by atoms with Crippen LogP contribution in [0, 0.1) is 5.82 Å². The highest BCUT2D eigenvalue weighted by molar-refractivity contribution is 6.04. The van der Waals surface area contributed by atoms with E-state index in [1.807, 2.05) is 24.3 Å². The Morgan fingerprint density at radius 3 is 2.46 bits per heavy atom. The molecule has 1 amide bonds. The number of nitrogens with zero attached hydrogens (tertiary/aromatic N) is 1. The number of aromatic nitrogens is 1. The van der Waals surface area contributed by atoms with Gasteiger partial charge in [0.25, 0.3) is 5.91 Å². The minimum absolute atomic E-state index is 0.0135. The van der Waals surface area contributed by atoms with E-state index < -0.39 is 11.7 Å². The van der Waals surface area contributed by atoms with Gasteiger partial charge in [-0.2, -0.15) is 0 Å². The quantitative estimate of drug-likeness (QED) is 0.578. The zero-order chi connectivity index (χ0) is 19.8. The molecule has 0 saturated heterocycles. The van der Waals surface area contributed by atoms with Crippen LogP contribution >= 0.6 is 0 Å². The molecule has 0 aliphatic carbocycles. The van der Waals surface area contributed by atoms with Crippen molar-refractivity contribution in [1.29, 1.82) is 0 Å². The van der Waals surface area contributed by atoms with Gasteiger partial charge in [-0.3, -0.25) is 4.79 Å². The molecule has 2 N–H and O–H groups in total. The normalized spacial score (nSPS) is 10.2. The van der Waals surface area contributed by atoms with Crippen molar-refractivity contribution in [2.45, 2.75) is 0 Å². The minimum Gasteiger partial charge on any atom is -0.497 e. The van der Waals surface area contributed by atoms with E-state index in [9.17, 15) is 9.18 Å². The number of carbonyl (C=O) groups excluding carboxylic acids is 1. The van der Waals surface area contributed by atoms with Gasteiger partial charge in [0.2, 0.25) is 0 Å². The molecule has 28 heavy (non-hydrogen) atoms. The molecule has 6 nitrogen and oxygen atoms in total. The average Bonchev–Trinajstić information content (AvgIpc) is 2.73. The second-order valence-corrected chi connectivity index (χ2v) is 5.82. The van der Waals surface area contributed by atoms with Crippen LogP contribution in [0.15, 0.2) is 66.9 Å². The van der Waals surface area contributed by atoms with Crippen molar-refractivity contribution >= 4 is 17.4 Å². The molecule has 0 aliphatic rings. The number of ether oxygens (including phenoxy) is 2. The molecule has 0 bridgehead atoms. The van der Waals surface area contributed by atoms with E-state index in [4.69, 9.17) is 9.47 Å². The summed E-state index contributed by atoms with van der Waals surface area (Å²) in [6, 6.07) is 16.6. The lowest BCUT2D eigenvalue weighted by molar-refractivity contribution is 0.102. The van der Waals surface area contributed by atoms with E-state index in [0.717, 1.165) is 11.5 Å². The minimum atomic E-state index is -0.567. The summed E-state index contributed by atoms with van der Waals surface area (Å²) in [6.07, 6.45) is 1.51. The zero-order valence-corrected chi connectivity index (χ0v) is 15.3. The van der Waals surface area contributed by atoms with Gasteiger partial charge in [0.05, 0.1) is 31.1 Å². The number of rotatable bonds is 8. The number of nitrogens with one attached hydrogen (secondary N) is 2. The summed E-state index contributed by atoms with van der Waals surface area (Å²) in [5.74, 6) is 1.08. The largest absolute Gasteiger partial charge is 0.497 e. The second kappa shape index (κ2) is 9.36. The molecule has 2 aromatic carbocycles. The van der Waals surface area contributed by atoms with Gasteiger partial charge in [0.15, 0.2) is 0 Å². The maximum Gasteiger partial charge on any atom is 0.258 e. The van der Waals surface area contributed by atoms with Gasteiger partial charge in [-0.05, 0) is 48.5 Å². The molecule has 7 heteroatoms. The summed E-state index contributed by atoms with van der Waals surface area (Å²) in [5, 5.41) is 5.75. The number of halogens is 1. The van der Waals surface area contributed by atoms with Crippen molar-refractivity contribution in [2.24, 2.45) is 0 Å². The number of hydrogen-bond donors (Lipinski definition) is 2. The third-order valence-electron chi connectivity index (χ3n) is 3.88. The predicted octanol–water partition coefficient (Wildman–Crippen LogP) is 3.97. The van der Waals surface area contributed by atoms with Crippen molar-refractivity contribution in [2.75, 3.05) is 30.9 Å². The Bertz CT molecular complexity index is 915. The van der Waals surface area contributed by atoms with Crippen LogP contribution in [0.3, 0.4) is 0 Å². The highest BCUT2D eigenvalue weighted by Gasteiger charge is 2.11. The Morgan fingerprint density at radius 2 is 1.79 bits per heavy atom. The van der Waals surface area contributed by atoms with Gasteiger partial charge in [-0.1, -0.05) is 12.1 Å². The fraction of sp³-hybridized carbons (Fsp3) is 0.143. The number of methoxy groups -OCH3 is 1. The lowest BCUT2D eigenvalue weighted by Crippen LogP contribution is -2.14. The topological polar surface area (TPSA) is 72.5 Å². The van der Waals surface area contributed by atoms with E-state index in [0.29, 0.717) is 24.7 Å². The number of carbonyl (C=O) groups is 1. The van der Waals surface area contributed by atoms with Crippen LogP contribution in [-0.2, 0) is 0 Å². The van der Waals surface area contributed by atoms with E-state index in [1.165, 1.54) is 24.4 Å². The van der Waals surface area contributed by atoms with E-state index in [1.54, 1.807) is 25.3 Å². The number of hydrogen-bond acceptors (Lipinski definition) is 5. The Balaban J connectivity index is 1.45. The first kappa shape index (κ1) is 19.2. The Hall–Kier alpha value is -3.61. The smallest absolute Gasteiger partial charge is 0.258 e. The van der Waals surface area contributed by atoms with Crippen LogP contribution in [0.25, 0.3) is 0 Å². The maximum atomic E-state index is 13.6. The molecule has 144 valence electrons. The SMILES string of the molecule is COc1ccc(OCCNc2ccc(NC(=O)c3ccccc3F)cn2)cc1. The Morgan fingerprint density at radius 1 is 1.04 bits per heavy atom. The number of benzene rings is 2. The average molecular weight is 381 g/mol. The van der Waals surface area contributed by atoms with E-state index in [2.05, 4.69) is 15.6 Å². The number of anilines is 2. The molecule has 0 unspecified atom stereocenters. The Labute approximate surface area is 162 Å².